The van der Waals surface area contributed by atoms with Crippen molar-refractivity contribution in [1.82, 2.24) is 5.32 Å². The maximum absolute atomic E-state index is 12.2. The molecule has 26 heavy (non-hydrogen) atoms. The maximum Gasteiger partial charge on any atom is 0.255 e. The van der Waals surface area contributed by atoms with E-state index >= 15 is 0 Å². The number of rotatable bonds is 5. The lowest BCUT2D eigenvalue weighted by atomic mass is 10.2. The normalized spacial score (nSPS) is 14.8. The molecule has 0 saturated carbocycles. The molecule has 0 bridgehead atoms. The van der Waals surface area contributed by atoms with Gasteiger partial charge in [-0.3, -0.25) is 9.59 Å². The van der Waals surface area contributed by atoms with Gasteiger partial charge in [0.1, 0.15) is 17.7 Å². The average molecular weight is 372 g/mol. The first-order chi connectivity index (χ1) is 12.5. The van der Waals surface area contributed by atoms with Gasteiger partial charge in [-0.25, -0.2) is 0 Å². The summed E-state index contributed by atoms with van der Waals surface area (Å²) in [6.45, 7) is 1.80. The van der Waals surface area contributed by atoms with Gasteiger partial charge in [0.2, 0.25) is 5.91 Å². The van der Waals surface area contributed by atoms with Crippen molar-refractivity contribution in [1.29, 1.82) is 0 Å². The summed E-state index contributed by atoms with van der Waals surface area (Å²) < 4.78 is 5.68. The summed E-state index contributed by atoms with van der Waals surface area (Å²) in [5.74, 6) is 0.533. The highest BCUT2D eigenvalue weighted by atomic mass is 35.5. The molecular formula is C19H18ClN3O3. The van der Waals surface area contributed by atoms with Crippen molar-refractivity contribution in [2.24, 2.45) is 5.10 Å². The van der Waals surface area contributed by atoms with Crippen LogP contribution < -0.4 is 15.1 Å². The Hall–Kier alpha value is -2.86. The number of carbonyl (C=O) groups is 2. The van der Waals surface area contributed by atoms with Crippen LogP contribution >= 0.6 is 11.6 Å². The lowest BCUT2D eigenvalue weighted by Crippen LogP contribution is -2.33. The van der Waals surface area contributed by atoms with Crippen LogP contribution in [0.4, 0.5) is 5.69 Å². The average Bonchev–Trinajstić information content (AvgIpc) is 2.97. The smallest absolute Gasteiger partial charge is 0.255 e. The molecule has 0 radical (unpaired) electrons. The number of para-hydroxylation sites is 1. The van der Waals surface area contributed by atoms with Gasteiger partial charge in [-0.1, -0.05) is 29.8 Å². The van der Waals surface area contributed by atoms with Crippen molar-refractivity contribution in [3.8, 4) is 5.75 Å². The Morgan fingerprint density at radius 3 is 2.62 bits per heavy atom. The molecule has 1 aliphatic rings. The predicted molar refractivity (Wildman–Crippen MR) is 100 cm³/mol. The number of ether oxygens (including phenoxy) is 1. The Bertz CT molecular complexity index is 822. The number of hydrogen-bond acceptors (Lipinski definition) is 4. The van der Waals surface area contributed by atoms with Crippen molar-refractivity contribution < 1.29 is 14.3 Å². The van der Waals surface area contributed by atoms with Crippen molar-refractivity contribution in [2.75, 3.05) is 5.01 Å². The lowest BCUT2D eigenvalue weighted by Gasteiger charge is -2.14. The first-order valence-electron chi connectivity index (χ1n) is 8.19. The molecule has 2 aromatic rings. The molecule has 1 unspecified atom stereocenters. The predicted octanol–water partition coefficient (Wildman–Crippen LogP) is 3.36. The summed E-state index contributed by atoms with van der Waals surface area (Å²) in [5.41, 5.74) is 0.668. The van der Waals surface area contributed by atoms with Crippen molar-refractivity contribution in [3.63, 3.8) is 0 Å². The fraction of sp³-hybridized carbons (Fsp3) is 0.211. The zero-order chi connectivity index (χ0) is 18.5. The van der Waals surface area contributed by atoms with E-state index in [-0.39, 0.29) is 30.8 Å². The number of nitrogens with zero attached hydrogens (tertiary/aromatic N) is 2. The molecule has 1 N–H and O–H groups in total. The van der Waals surface area contributed by atoms with Crippen LogP contribution in [0.1, 0.15) is 19.8 Å². The molecule has 0 aliphatic carbocycles. The minimum Gasteiger partial charge on any atom is -0.490 e. The van der Waals surface area contributed by atoms with E-state index in [2.05, 4.69) is 10.4 Å². The van der Waals surface area contributed by atoms with E-state index in [0.29, 0.717) is 22.3 Å². The van der Waals surface area contributed by atoms with Gasteiger partial charge in [0.15, 0.2) is 0 Å². The van der Waals surface area contributed by atoms with Gasteiger partial charge in [-0.05, 0) is 43.3 Å². The third-order valence-electron chi connectivity index (χ3n) is 3.68. The topological polar surface area (TPSA) is 71.0 Å². The van der Waals surface area contributed by atoms with Gasteiger partial charge in [0, 0.05) is 5.02 Å². The van der Waals surface area contributed by atoms with E-state index in [0.717, 1.165) is 0 Å². The van der Waals surface area contributed by atoms with Crippen molar-refractivity contribution in [2.45, 2.75) is 25.9 Å². The molecule has 1 heterocycles. The number of hydrazone groups is 1. The van der Waals surface area contributed by atoms with E-state index in [4.69, 9.17) is 16.3 Å². The first-order valence-corrected chi connectivity index (χ1v) is 8.56. The molecular weight excluding hydrogens is 354 g/mol. The molecule has 0 spiro atoms. The Kier molecular flexibility index (Phi) is 5.53. The Labute approximate surface area is 156 Å². The number of benzene rings is 2. The van der Waals surface area contributed by atoms with Crippen LogP contribution in [-0.2, 0) is 9.59 Å². The molecule has 0 saturated heterocycles. The lowest BCUT2D eigenvalue weighted by molar-refractivity contribution is -0.121. The van der Waals surface area contributed by atoms with Gasteiger partial charge in [0.25, 0.3) is 5.91 Å². The van der Waals surface area contributed by atoms with Crippen LogP contribution in [-0.4, -0.2) is 23.8 Å². The summed E-state index contributed by atoms with van der Waals surface area (Å²) in [7, 11) is 0. The molecule has 2 aromatic carbocycles. The summed E-state index contributed by atoms with van der Waals surface area (Å²) in [4.78, 5) is 24.3. The number of nitrogens with one attached hydrogen (secondary N) is 1. The minimum atomic E-state index is -0.334. The van der Waals surface area contributed by atoms with Crippen molar-refractivity contribution >= 4 is 34.9 Å². The highest BCUT2D eigenvalue weighted by molar-refractivity contribution is 6.30. The summed E-state index contributed by atoms with van der Waals surface area (Å²) in [6.07, 6.45) is -0.132. The molecule has 6 nitrogen and oxygen atoms in total. The monoisotopic (exact) mass is 371 g/mol. The molecule has 0 fully saturated rings. The van der Waals surface area contributed by atoms with Gasteiger partial charge in [-0.15, -0.1) is 0 Å². The third-order valence-corrected chi connectivity index (χ3v) is 3.94. The number of anilines is 1. The second-order valence-corrected chi connectivity index (χ2v) is 6.34. The highest BCUT2D eigenvalue weighted by Crippen LogP contribution is 2.20. The third kappa shape index (κ3) is 4.61. The van der Waals surface area contributed by atoms with Crippen LogP contribution in [0, 0.1) is 0 Å². The molecule has 0 aromatic heterocycles. The minimum absolute atomic E-state index is 0.0626. The van der Waals surface area contributed by atoms with Gasteiger partial charge >= 0.3 is 0 Å². The molecule has 134 valence electrons. The van der Waals surface area contributed by atoms with Gasteiger partial charge in [0.05, 0.1) is 18.5 Å². The number of halogens is 1. The molecule has 2 amide bonds. The zero-order valence-electron chi connectivity index (χ0n) is 14.2. The quantitative estimate of drug-likeness (QED) is 0.876. The molecule has 3 rings (SSSR count). The molecule has 1 atom stereocenters. The summed E-state index contributed by atoms with van der Waals surface area (Å²) in [6, 6.07) is 16.0. The number of amides is 2. The zero-order valence-corrected chi connectivity index (χ0v) is 14.9. The van der Waals surface area contributed by atoms with E-state index in [1.807, 2.05) is 18.2 Å². The van der Waals surface area contributed by atoms with E-state index < -0.39 is 0 Å². The largest absolute Gasteiger partial charge is 0.490 e. The highest BCUT2D eigenvalue weighted by Gasteiger charge is 2.26. The number of hydrogen-bond donors (Lipinski definition) is 1. The number of carbonyl (C=O) groups excluding carboxylic acids is 2. The fourth-order valence-corrected chi connectivity index (χ4v) is 2.66. The first kappa shape index (κ1) is 17.9. The van der Waals surface area contributed by atoms with Crippen LogP contribution in [0.3, 0.4) is 0 Å². The standard InChI is InChI=1S/C19H18ClN3O3/c1-13(26-16-9-7-14(20)8-10-16)11-18(24)21-17-12-19(25)23(22-17)15-5-3-2-4-6-15/h2-10,13H,11-12H2,1H3,(H,21,22,24). The van der Waals surface area contributed by atoms with Crippen LogP contribution in [0.5, 0.6) is 5.75 Å². The summed E-state index contributed by atoms with van der Waals surface area (Å²) in [5, 5.41) is 8.79. The second kappa shape index (κ2) is 8.01. The Morgan fingerprint density at radius 2 is 1.92 bits per heavy atom. The molecule has 1 aliphatic heterocycles. The van der Waals surface area contributed by atoms with E-state index in [1.165, 1.54) is 5.01 Å². The van der Waals surface area contributed by atoms with Gasteiger partial charge in [-0.2, -0.15) is 10.1 Å². The van der Waals surface area contributed by atoms with Crippen LogP contribution in [0.2, 0.25) is 5.02 Å². The summed E-state index contributed by atoms with van der Waals surface area (Å²) >= 11 is 5.83. The Morgan fingerprint density at radius 1 is 1.23 bits per heavy atom. The van der Waals surface area contributed by atoms with E-state index in [1.54, 1.807) is 43.3 Å². The van der Waals surface area contributed by atoms with Crippen LogP contribution in [0.15, 0.2) is 59.7 Å². The Balaban J connectivity index is 1.54. The number of amidine groups is 1. The van der Waals surface area contributed by atoms with E-state index in [9.17, 15) is 9.59 Å². The second-order valence-electron chi connectivity index (χ2n) is 5.90. The maximum atomic E-state index is 12.2. The van der Waals surface area contributed by atoms with Crippen molar-refractivity contribution in [3.05, 3.63) is 59.6 Å². The molecule has 7 heteroatoms. The SMILES string of the molecule is CC(CC(=O)NC1=NN(c2ccccc2)C(=O)C1)Oc1ccc(Cl)cc1. The van der Waals surface area contributed by atoms with Crippen LogP contribution in [0.25, 0.3) is 0 Å². The fourth-order valence-electron chi connectivity index (χ4n) is 2.53. The van der Waals surface area contributed by atoms with Gasteiger partial charge < -0.3 is 10.1 Å².